The van der Waals surface area contributed by atoms with Gasteiger partial charge in [-0.2, -0.15) is 5.26 Å². The van der Waals surface area contributed by atoms with Crippen LogP contribution in [0.2, 0.25) is 10.0 Å². The number of nitrogens with zero attached hydrogens (tertiary/aromatic N) is 1. The van der Waals surface area contributed by atoms with Gasteiger partial charge in [-0.15, -0.1) is 0 Å². The van der Waals surface area contributed by atoms with Crippen LogP contribution in [0.25, 0.3) is 6.08 Å². The summed E-state index contributed by atoms with van der Waals surface area (Å²) in [4.78, 5) is 12.5. The first-order valence-electron chi connectivity index (χ1n) is 9.12. The third kappa shape index (κ3) is 5.64. The van der Waals surface area contributed by atoms with Gasteiger partial charge in [-0.05, 0) is 66.1 Å². The molecule has 30 heavy (non-hydrogen) atoms. The lowest BCUT2D eigenvalue weighted by atomic mass is 10.1. The smallest absolute Gasteiger partial charge is 0.266 e. The molecule has 0 aliphatic rings. The Labute approximate surface area is 185 Å². The highest BCUT2D eigenvalue weighted by molar-refractivity contribution is 6.32. The Bertz CT molecular complexity index is 1120. The lowest BCUT2D eigenvalue weighted by Crippen LogP contribution is -2.14. The second-order valence-corrected chi connectivity index (χ2v) is 7.36. The van der Waals surface area contributed by atoms with Crippen molar-refractivity contribution in [1.82, 2.24) is 0 Å². The fourth-order valence-corrected chi connectivity index (χ4v) is 2.96. The molecule has 0 radical (unpaired) electrons. The minimum absolute atomic E-state index is 0.00999. The summed E-state index contributed by atoms with van der Waals surface area (Å²) in [5, 5.41) is 13.4. The zero-order valence-electron chi connectivity index (χ0n) is 16.2. The SMILES string of the molecule is Cc1c(Cl)cccc1NC(=O)/C(C#N)=C\c1ccc(OCc2ccc(Cl)cc2)cc1. The maximum Gasteiger partial charge on any atom is 0.266 e. The molecule has 4 nitrogen and oxygen atoms in total. The maximum atomic E-state index is 12.5. The summed E-state index contributed by atoms with van der Waals surface area (Å²) in [5.74, 6) is 0.186. The van der Waals surface area contributed by atoms with Crippen molar-refractivity contribution in [3.05, 3.63) is 99.0 Å². The molecule has 6 heteroatoms. The zero-order chi connectivity index (χ0) is 21.5. The topological polar surface area (TPSA) is 62.1 Å². The van der Waals surface area contributed by atoms with Gasteiger partial charge in [-0.25, -0.2) is 0 Å². The van der Waals surface area contributed by atoms with Gasteiger partial charge >= 0.3 is 0 Å². The molecule has 0 saturated heterocycles. The van der Waals surface area contributed by atoms with E-state index in [1.807, 2.05) is 30.3 Å². The van der Waals surface area contributed by atoms with Gasteiger partial charge in [-0.3, -0.25) is 4.79 Å². The lowest BCUT2D eigenvalue weighted by molar-refractivity contribution is -0.112. The molecule has 3 aromatic carbocycles. The van der Waals surface area contributed by atoms with Crippen molar-refractivity contribution in [2.75, 3.05) is 5.32 Å². The number of ether oxygens (including phenoxy) is 1. The summed E-state index contributed by atoms with van der Waals surface area (Å²) in [7, 11) is 0. The molecule has 1 amide bonds. The van der Waals surface area contributed by atoms with Crippen molar-refractivity contribution in [3.63, 3.8) is 0 Å². The normalized spacial score (nSPS) is 10.9. The number of carbonyl (C=O) groups is 1. The largest absolute Gasteiger partial charge is 0.489 e. The van der Waals surface area contributed by atoms with Gasteiger partial charge in [0.1, 0.15) is 24.0 Å². The van der Waals surface area contributed by atoms with E-state index in [9.17, 15) is 10.1 Å². The number of hydrogen-bond donors (Lipinski definition) is 1. The average molecular weight is 437 g/mol. The van der Waals surface area contributed by atoms with E-state index in [0.29, 0.717) is 33.7 Å². The third-order valence-corrected chi connectivity index (χ3v) is 5.05. The van der Waals surface area contributed by atoms with Crippen LogP contribution in [0.5, 0.6) is 5.75 Å². The minimum Gasteiger partial charge on any atom is -0.489 e. The van der Waals surface area contributed by atoms with E-state index in [2.05, 4.69) is 5.32 Å². The van der Waals surface area contributed by atoms with Crippen molar-refractivity contribution in [3.8, 4) is 11.8 Å². The molecule has 0 fully saturated rings. The molecule has 3 rings (SSSR count). The number of halogens is 2. The highest BCUT2D eigenvalue weighted by atomic mass is 35.5. The number of nitrogens with one attached hydrogen (secondary N) is 1. The Morgan fingerprint density at radius 3 is 2.43 bits per heavy atom. The van der Waals surface area contributed by atoms with Crippen LogP contribution in [0.1, 0.15) is 16.7 Å². The number of hydrogen-bond acceptors (Lipinski definition) is 3. The van der Waals surface area contributed by atoms with Crippen molar-refractivity contribution >= 4 is 40.9 Å². The van der Waals surface area contributed by atoms with Crippen molar-refractivity contribution in [2.45, 2.75) is 13.5 Å². The fraction of sp³-hybridized carbons (Fsp3) is 0.0833. The van der Waals surface area contributed by atoms with Crippen LogP contribution in [0.15, 0.2) is 72.3 Å². The first kappa shape index (κ1) is 21.4. The first-order chi connectivity index (χ1) is 14.5. The van der Waals surface area contributed by atoms with Crippen molar-refractivity contribution in [2.24, 2.45) is 0 Å². The summed E-state index contributed by atoms with van der Waals surface area (Å²) in [6, 6.07) is 21.7. The predicted molar refractivity (Wildman–Crippen MR) is 121 cm³/mol. The van der Waals surface area contributed by atoms with Crippen molar-refractivity contribution in [1.29, 1.82) is 5.26 Å². The zero-order valence-corrected chi connectivity index (χ0v) is 17.7. The van der Waals surface area contributed by atoms with Crippen LogP contribution in [0, 0.1) is 18.3 Å². The van der Waals surface area contributed by atoms with Crippen LogP contribution in [-0.2, 0) is 11.4 Å². The van der Waals surface area contributed by atoms with Gasteiger partial charge in [0.25, 0.3) is 5.91 Å². The number of amides is 1. The van der Waals surface area contributed by atoms with E-state index >= 15 is 0 Å². The number of carbonyl (C=O) groups excluding carboxylic acids is 1. The lowest BCUT2D eigenvalue weighted by Gasteiger charge is -2.09. The summed E-state index contributed by atoms with van der Waals surface area (Å²) in [6.45, 7) is 2.22. The molecular weight excluding hydrogens is 419 g/mol. The summed E-state index contributed by atoms with van der Waals surface area (Å²) in [6.07, 6.45) is 1.53. The molecule has 0 aliphatic heterocycles. The van der Waals surface area contributed by atoms with Gasteiger partial charge in [0.05, 0.1) is 0 Å². The van der Waals surface area contributed by atoms with Gasteiger partial charge in [-0.1, -0.05) is 53.5 Å². The molecule has 0 unspecified atom stereocenters. The van der Waals surface area contributed by atoms with Gasteiger partial charge in [0, 0.05) is 15.7 Å². The average Bonchev–Trinajstić information content (AvgIpc) is 2.75. The van der Waals surface area contributed by atoms with E-state index in [1.165, 1.54) is 6.08 Å². The highest BCUT2D eigenvalue weighted by Crippen LogP contribution is 2.24. The van der Waals surface area contributed by atoms with Crippen LogP contribution < -0.4 is 10.1 Å². The van der Waals surface area contributed by atoms with Crippen LogP contribution in [0.4, 0.5) is 5.69 Å². The van der Waals surface area contributed by atoms with E-state index in [0.717, 1.165) is 11.1 Å². The van der Waals surface area contributed by atoms with Gasteiger partial charge in [0.2, 0.25) is 0 Å². The second-order valence-electron chi connectivity index (χ2n) is 6.52. The fourth-order valence-electron chi connectivity index (χ4n) is 2.66. The number of rotatable bonds is 6. The Hall–Kier alpha value is -3.26. The highest BCUT2D eigenvalue weighted by Gasteiger charge is 2.12. The number of anilines is 1. The Morgan fingerprint density at radius 1 is 1.07 bits per heavy atom. The monoisotopic (exact) mass is 436 g/mol. The molecule has 0 saturated carbocycles. The molecule has 0 aliphatic carbocycles. The Kier molecular flexibility index (Phi) is 7.13. The minimum atomic E-state index is -0.495. The van der Waals surface area contributed by atoms with Crippen LogP contribution in [-0.4, -0.2) is 5.91 Å². The first-order valence-corrected chi connectivity index (χ1v) is 9.87. The molecule has 0 heterocycles. The third-order valence-electron chi connectivity index (χ3n) is 4.39. The van der Waals surface area contributed by atoms with Gasteiger partial charge in [0.15, 0.2) is 0 Å². The molecule has 150 valence electrons. The number of nitriles is 1. The molecule has 1 N–H and O–H groups in total. The van der Waals surface area contributed by atoms with Crippen LogP contribution in [0.3, 0.4) is 0 Å². The second kappa shape index (κ2) is 9.98. The number of benzene rings is 3. The summed E-state index contributed by atoms with van der Waals surface area (Å²) < 4.78 is 5.75. The van der Waals surface area contributed by atoms with E-state index in [4.69, 9.17) is 27.9 Å². The summed E-state index contributed by atoms with van der Waals surface area (Å²) >= 11 is 12.0. The summed E-state index contributed by atoms with van der Waals surface area (Å²) in [5.41, 5.74) is 3.02. The predicted octanol–water partition coefficient (Wildman–Crippen LogP) is 6.43. The van der Waals surface area contributed by atoms with E-state index < -0.39 is 5.91 Å². The van der Waals surface area contributed by atoms with E-state index in [1.54, 1.807) is 49.4 Å². The van der Waals surface area contributed by atoms with Crippen LogP contribution >= 0.6 is 23.2 Å². The van der Waals surface area contributed by atoms with E-state index in [-0.39, 0.29) is 5.57 Å². The maximum absolute atomic E-state index is 12.5. The molecular formula is C24H18Cl2N2O2. The quantitative estimate of drug-likeness (QED) is 0.357. The molecule has 0 spiro atoms. The molecule has 0 bridgehead atoms. The van der Waals surface area contributed by atoms with Gasteiger partial charge < -0.3 is 10.1 Å². The molecule has 3 aromatic rings. The standard InChI is InChI=1S/C24H18Cl2N2O2/c1-16-22(26)3-2-4-23(16)28-24(29)19(14-27)13-17-7-11-21(12-8-17)30-15-18-5-9-20(25)10-6-18/h2-13H,15H2,1H3,(H,28,29)/b19-13-. The molecule has 0 atom stereocenters. The Morgan fingerprint density at radius 2 is 1.77 bits per heavy atom. The Balaban J connectivity index is 1.66. The molecule has 0 aromatic heterocycles. The van der Waals surface area contributed by atoms with Crippen molar-refractivity contribution < 1.29 is 9.53 Å².